The van der Waals surface area contributed by atoms with E-state index in [1.54, 1.807) is 42.5 Å². The number of aryl methyl sites for hydroxylation is 2. The summed E-state index contributed by atoms with van der Waals surface area (Å²) in [7, 11) is 0. The van der Waals surface area contributed by atoms with Crippen molar-refractivity contribution in [3.8, 4) is 0 Å². The number of thioether (sulfide) groups is 1. The second-order valence-corrected chi connectivity index (χ2v) is 11.3. The van der Waals surface area contributed by atoms with E-state index in [-0.39, 0.29) is 22.8 Å². The number of benzene rings is 3. The lowest BCUT2D eigenvalue weighted by Gasteiger charge is -2.14. The first-order valence-corrected chi connectivity index (χ1v) is 14.1. The van der Waals surface area contributed by atoms with Crippen LogP contribution in [0.1, 0.15) is 33.3 Å². The maximum atomic E-state index is 13.1. The van der Waals surface area contributed by atoms with Crippen LogP contribution >= 0.6 is 23.1 Å². The Morgan fingerprint density at radius 2 is 1.62 bits per heavy atom. The lowest BCUT2D eigenvalue weighted by atomic mass is 10.1. The topological polar surface area (TPSA) is 87.3 Å². The standard InChI is InChI=1S/C31H29N3O3S2/c1-20-11-16-27(21(2)18-20)33-29(35)22(3)39-25-14-12-24(13-15-25)32-31(37)28(19-26-10-7-17-38-26)34-30(36)23-8-5-4-6-9-23/h4-19,22H,1-3H3,(H,32,37)(H,33,35)(H,34,36)/b28-19-. The van der Waals surface area contributed by atoms with Crippen molar-refractivity contribution in [1.29, 1.82) is 0 Å². The van der Waals surface area contributed by atoms with Gasteiger partial charge in [0.1, 0.15) is 5.70 Å². The van der Waals surface area contributed by atoms with Crippen molar-refractivity contribution >= 4 is 58.3 Å². The van der Waals surface area contributed by atoms with Gasteiger partial charge in [-0.3, -0.25) is 14.4 Å². The largest absolute Gasteiger partial charge is 0.325 e. The SMILES string of the molecule is Cc1ccc(NC(=O)C(C)Sc2ccc(NC(=O)/C(=C/c3cccs3)NC(=O)c3ccccc3)cc2)c(C)c1. The molecule has 198 valence electrons. The Kier molecular flexibility index (Phi) is 9.35. The fourth-order valence-corrected chi connectivity index (χ4v) is 5.24. The zero-order valence-electron chi connectivity index (χ0n) is 21.9. The number of hydrogen-bond donors (Lipinski definition) is 3. The van der Waals surface area contributed by atoms with Crippen LogP contribution in [0.15, 0.2) is 101 Å². The van der Waals surface area contributed by atoms with Crippen molar-refractivity contribution in [3.05, 3.63) is 118 Å². The van der Waals surface area contributed by atoms with Gasteiger partial charge in [0.15, 0.2) is 0 Å². The molecule has 0 bridgehead atoms. The van der Waals surface area contributed by atoms with Crippen molar-refractivity contribution in [1.82, 2.24) is 5.32 Å². The Hall–Kier alpha value is -4.14. The molecule has 0 fully saturated rings. The van der Waals surface area contributed by atoms with Gasteiger partial charge in [-0.05, 0) is 86.3 Å². The van der Waals surface area contributed by atoms with Gasteiger partial charge in [-0.25, -0.2) is 0 Å². The lowest BCUT2D eigenvalue weighted by Crippen LogP contribution is -2.30. The number of carbonyl (C=O) groups is 3. The second-order valence-electron chi connectivity index (χ2n) is 8.94. The second kappa shape index (κ2) is 13.1. The Balaban J connectivity index is 1.39. The molecule has 0 aliphatic carbocycles. The number of anilines is 2. The van der Waals surface area contributed by atoms with Crippen LogP contribution in [0.5, 0.6) is 0 Å². The van der Waals surface area contributed by atoms with Crippen LogP contribution in [-0.4, -0.2) is 23.0 Å². The first kappa shape index (κ1) is 27.9. The van der Waals surface area contributed by atoms with Crippen molar-refractivity contribution in [2.75, 3.05) is 10.6 Å². The molecule has 1 unspecified atom stereocenters. The summed E-state index contributed by atoms with van der Waals surface area (Å²) in [4.78, 5) is 40.3. The van der Waals surface area contributed by atoms with Crippen LogP contribution in [0.4, 0.5) is 11.4 Å². The molecule has 0 spiro atoms. The number of amides is 3. The first-order chi connectivity index (χ1) is 18.8. The molecule has 3 aromatic carbocycles. The van der Waals surface area contributed by atoms with Crippen LogP contribution < -0.4 is 16.0 Å². The summed E-state index contributed by atoms with van der Waals surface area (Å²) in [5.74, 6) is -0.885. The third-order valence-electron chi connectivity index (χ3n) is 5.79. The summed E-state index contributed by atoms with van der Waals surface area (Å²) in [6.45, 7) is 5.85. The zero-order valence-corrected chi connectivity index (χ0v) is 23.5. The number of hydrogen-bond acceptors (Lipinski definition) is 5. The quantitative estimate of drug-likeness (QED) is 0.155. The van der Waals surface area contributed by atoms with Gasteiger partial charge in [-0.15, -0.1) is 23.1 Å². The minimum Gasteiger partial charge on any atom is -0.325 e. The monoisotopic (exact) mass is 555 g/mol. The minimum atomic E-state index is -0.436. The number of rotatable bonds is 9. The molecular weight excluding hydrogens is 526 g/mol. The number of nitrogens with one attached hydrogen (secondary N) is 3. The Bertz CT molecular complexity index is 1480. The van der Waals surface area contributed by atoms with Gasteiger partial charge in [-0.1, -0.05) is 42.0 Å². The zero-order chi connectivity index (χ0) is 27.8. The van der Waals surface area contributed by atoms with Crippen LogP contribution in [0.25, 0.3) is 6.08 Å². The summed E-state index contributed by atoms with van der Waals surface area (Å²) in [5, 5.41) is 10.2. The Labute approximate surface area is 236 Å². The molecule has 0 radical (unpaired) electrons. The van der Waals surface area contributed by atoms with Gasteiger partial charge in [0.25, 0.3) is 11.8 Å². The highest BCUT2D eigenvalue weighted by molar-refractivity contribution is 8.00. The fourth-order valence-electron chi connectivity index (χ4n) is 3.72. The van der Waals surface area contributed by atoms with E-state index in [2.05, 4.69) is 16.0 Å². The molecule has 0 aliphatic rings. The first-order valence-electron chi connectivity index (χ1n) is 12.4. The highest BCUT2D eigenvalue weighted by Gasteiger charge is 2.17. The fraction of sp³-hybridized carbons (Fsp3) is 0.129. The van der Waals surface area contributed by atoms with E-state index in [0.717, 1.165) is 26.6 Å². The van der Waals surface area contributed by atoms with Crippen molar-refractivity contribution in [2.45, 2.75) is 30.9 Å². The van der Waals surface area contributed by atoms with Crippen LogP contribution in [0.2, 0.25) is 0 Å². The molecule has 0 saturated heterocycles. The van der Waals surface area contributed by atoms with Gasteiger partial charge >= 0.3 is 0 Å². The van der Waals surface area contributed by atoms with E-state index < -0.39 is 5.91 Å². The lowest BCUT2D eigenvalue weighted by molar-refractivity contribution is -0.115. The van der Waals surface area contributed by atoms with E-state index in [1.165, 1.54) is 23.1 Å². The normalized spacial score (nSPS) is 11.9. The summed E-state index contributed by atoms with van der Waals surface area (Å²) >= 11 is 2.90. The van der Waals surface area contributed by atoms with E-state index in [4.69, 9.17) is 0 Å². The van der Waals surface area contributed by atoms with Crippen molar-refractivity contribution in [2.24, 2.45) is 0 Å². The molecule has 3 N–H and O–H groups in total. The average molecular weight is 556 g/mol. The third-order valence-corrected chi connectivity index (χ3v) is 7.72. The molecule has 3 amide bonds. The Morgan fingerprint density at radius 1 is 0.872 bits per heavy atom. The van der Waals surface area contributed by atoms with Gasteiger partial charge < -0.3 is 16.0 Å². The molecule has 1 atom stereocenters. The Morgan fingerprint density at radius 3 is 2.28 bits per heavy atom. The third kappa shape index (κ3) is 7.92. The highest BCUT2D eigenvalue weighted by Crippen LogP contribution is 2.26. The molecule has 6 nitrogen and oxygen atoms in total. The number of carbonyl (C=O) groups excluding carboxylic acids is 3. The smallest absolute Gasteiger partial charge is 0.272 e. The minimum absolute atomic E-state index is 0.0816. The molecule has 4 aromatic rings. The van der Waals surface area contributed by atoms with Crippen LogP contribution in [-0.2, 0) is 9.59 Å². The molecule has 1 aromatic heterocycles. The molecule has 0 saturated carbocycles. The maximum Gasteiger partial charge on any atom is 0.272 e. The summed E-state index contributed by atoms with van der Waals surface area (Å²) in [5.41, 5.74) is 4.14. The van der Waals surface area contributed by atoms with Crippen LogP contribution in [0.3, 0.4) is 0 Å². The molecule has 1 heterocycles. The van der Waals surface area contributed by atoms with E-state index >= 15 is 0 Å². The van der Waals surface area contributed by atoms with Gasteiger partial charge in [-0.2, -0.15) is 0 Å². The van der Waals surface area contributed by atoms with Gasteiger partial charge in [0.05, 0.1) is 5.25 Å². The summed E-state index contributed by atoms with van der Waals surface area (Å²) < 4.78 is 0. The predicted octanol–water partition coefficient (Wildman–Crippen LogP) is 6.89. The van der Waals surface area contributed by atoms with Gasteiger partial charge in [0, 0.05) is 26.7 Å². The summed E-state index contributed by atoms with van der Waals surface area (Å²) in [6, 6.07) is 25.7. The van der Waals surface area contributed by atoms with E-state index in [0.29, 0.717) is 11.3 Å². The molecule has 4 rings (SSSR count). The highest BCUT2D eigenvalue weighted by atomic mass is 32.2. The molecular formula is C31H29N3O3S2. The maximum absolute atomic E-state index is 13.1. The van der Waals surface area contributed by atoms with Crippen molar-refractivity contribution in [3.63, 3.8) is 0 Å². The molecule has 8 heteroatoms. The molecule has 0 aliphatic heterocycles. The van der Waals surface area contributed by atoms with Gasteiger partial charge in [0.2, 0.25) is 5.91 Å². The summed E-state index contributed by atoms with van der Waals surface area (Å²) in [6.07, 6.45) is 1.65. The molecule has 39 heavy (non-hydrogen) atoms. The predicted molar refractivity (Wildman–Crippen MR) is 161 cm³/mol. The van der Waals surface area contributed by atoms with E-state index in [9.17, 15) is 14.4 Å². The van der Waals surface area contributed by atoms with Crippen molar-refractivity contribution < 1.29 is 14.4 Å². The van der Waals surface area contributed by atoms with Crippen LogP contribution in [0, 0.1) is 13.8 Å². The van der Waals surface area contributed by atoms with E-state index in [1.807, 2.05) is 74.7 Å². The number of thiophene rings is 1. The average Bonchev–Trinajstić information content (AvgIpc) is 3.44.